The van der Waals surface area contributed by atoms with E-state index in [1.807, 2.05) is 0 Å². The van der Waals surface area contributed by atoms with Crippen molar-refractivity contribution in [1.82, 2.24) is 0 Å². The first kappa shape index (κ1) is 18.5. The molecule has 1 heterocycles. The van der Waals surface area contributed by atoms with E-state index in [0.29, 0.717) is 10.9 Å². The van der Waals surface area contributed by atoms with Crippen molar-refractivity contribution < 1.29 is 56.2 Å². The molecule has 3 aromatic rings. The summed E-state index contributed by atoms with van der Waals surface area (Å²) in [5.41, 5.74) is 0.650. The SMILES string of the molecule is O=c1c(-c2ccc(OS(=O)(=O)[O-])cc2)coc2cc(O)ccc12.[Na+]. The summed E-state index contributed by atoms with van der Waals surface area (Å²) in [4.78, 5) is 12.4. The minimum atomic E-state index is -4.85. The fourth-order valence-corrected chi connectivity index (χ4v) is 2.47. The van der Waals surface area contributed by atoms with Gasteiger partial charge in [-0.3, -0.25) is 4.79 Å². The third kappa shape index (κ3) is 3.97. The molecule has 1 aromatic heterocycles. The van der Waals surface area contributed by atoms with E-state index < -0.39 is 10.4 Å². The number of rotatable bonds is 3. The van der Waals surface area contributed by atoms with Crippen LogP contribution >= 0.6 is 0 Å². The fourth-order valence-electron chi connectivity index (χ4n) is 2.12. The van der Waals surface area contributed by atoms with Crippen molar-refractivity contribution in [2.24, 2.45) is 0 Å². The van der Waals surface area contributed by atoms with Crippen molar-refractivity contribution in [3.8, 4) is 22.6 Å². The second kappa shape index (κ2) is 6.96. The maximum absolute atomic E-state index is 12.4. The molecule has 7 nitrogen and oxygen atoms in total. The first-order valence-corrected chi connectivity index (χ1v) is 7.67. The van der Waals surface area contributed by atoms with E-state index in [1.165, 1.54) is 48.7 Å². The Morgan fingerprint density at radius 1 is 1.08 bits per heavy atom. The Morgan fingerprint density at radius 3 is 2.38 bits per heavy atom. The Kier molecular flexibility index (Phi) is 5.36. The van der Waals surface area contributed by atoms with Crippen LogP contribution in [0.4, 0.5) is 0 Å². The zero-order valence-corrected chi connectivity index (χ0v) is 15.2. The van der Waals surface area contributed by atoms with Gasteiger partial charge >= 0.3 is 29.6 Å². The molecule has 0 bridgehead atoms. The summed E-state index contributed by atoms with van der Waals surface area (Å²) < 4.78 is 41.1. The standard InChI is InChI=1S/C15H10O7S.Na/c16-10-3-6-12-14(7-10)21-8-13(15(12)17)9-1-4-11(5-2-9)22-23(18,19)20;/h1-8,16H,(H,18,19,20);/q;+1/p-1. The number of phenolic OH excluding ortho intramolecular Hbond substituents is 1. The predicted molar refractivity (Wildman–Crippen MR) is 79.9 cm³/mol. The van der Waals surface area contributed by atoms with Crippen molar-refractivity contribution in [3.05, 3.63) is 59.0 Å². The molecular formula is C15H9NaO7S. The Hall–Kier alpha value is -1.84. The first-order valence-electron chi connectivity index (χ1n) is 6.34. The topological polar surface area (TPSA) is 117 Å². The maximum atomic E-state index is 12.4. The molecule has 0 aliphatic rings. The van der Waals surface area contributed by atoms with Crippen LogP contribution in [0.2, 0.25) is 0 Å². The Balaban J connectivity index is 0.00000208. The van der Waals surface area contributed by atoms with Crippen molar-refractivity contribution in [2.45, 2.75) is 0 Å². The van der Waals surface area contributed by atoms with Gasteiger partial charge in [0.15, 0.2) is 5.43 Å². The van der Waals surface area contributed by atoms with Gasteiger partial charge in [0.25, 0.3) is 10.4 Å². The summed E-state index contributed by atoms with van der Waals surface area (Å²) in [5, 5.41) is 9.67. The summed E-state index contributed by atoms with van der Waals surface area (Å²) in [6, 6.07) is 9.52. The van der Waals surface area contributed by atoms with Crippen LogP contribution in [0.1, 0.15) is 0 Å². The maximum Gasteiger partial charge on any atom is 1.00 e. The minimum absolute atomic E-state index is 0. The Bertz CT molecular complexity index is 1040. The molecular weight excluding hydrogens is 347 g/mol. The molecule has 0 spiro atoms. The van der Waals surface area contributed by atoms with Gasteiger partial charge < -0.3 is 18.3 Å². The van der Waals surface area contributed by atoms with Gasteiger partial charge in [0.2, 0.25) is 0 Å². The Labute approximate surface area is 158 Å². The fraction of sp³-hybridized carbons (Fsp3) is 0. The number of benzene rings is 2. The molecule has 2 aromatic carbocycles. The molecule has 0 fully saturated rings. The predicted octanol–water partition coefficient (Wildman–Crippen LogP) is -0.991. The summed E-state index contributed by atoms with van der Waals surface area (Å²) in [6.07, 6.45) is 1.24. The molecule has 1 N–H and O–H groups in total. The molecule has 9 heteroatoms. The molecule has 0 aliphatic heterocycles. The van der Waals surface area contributed by atoms with Crippen LogP contribution in [0.25, 0.3) is 22.1 Å². The van der Waals surface area contributed by atoms with Gasteiger partial charge in [-0.15, -0.1) is 0 Å². The van der Waals surface area contributed by atoms with Crippen molar-refractivity contribution in [3.63, 3.8) is 0 Å². The monoisotopic (exact) mass is 356 g/mol. The van der Waals surface area contributed by atoms with E-state index in [9.17, 15) is 22.9 Å². The van der Waals surface area contributed by atoms with Crippen LogP contribution in [-0.4, -0.2) is 18.1 Å². The third-order valence-electron chi connectivity index (χ3n) is 3.12. The molecule has 0 saturated carbocycles. The van der Waals surface area contributed by atoms with Crippen molar-refractivity contribution in [2.75, 3.05) is 0 Å². The number of fused-ring (bicyclic) bond motifs is 1. The van der Waals surface area contributed by atoms with E-state index in [-0.39, 0.29) is 57.6 Å². The minimum Gasteiger partial charge on any atom is -0.716 e. The summed E-state index contributed by atoms with van der Waals surface area (Å²) >= 11 is 0. The second-order valence-corrected chi connectivity index (χ2v) is 5.66. The summed E-state index contributed by atoms with van der Waals surface area (Å²) in [7, 11) is -4.85. The molecule has 118 valence electrons. The first-order chi connectivity index (χ1) is 10.8. The van der Waals surface area contributed by atoms with Gasteiger partial charge in [0.05, 0.1) is 10.9 Å². The van der Waals surface area contributed by atoms with Crippen LogP contribution in [0, 0.1) is 0 Å². The zero-order chi connectivity index (χ0) is 16.6. The van der Waals surface area contributed by atoms with E-state index in [1.54, 1.807) is 0 Å². The van der Waals surface area contributed by atoms with Gasteiger partial charge in [0, 0.05) is 6.07 Å². The number of hydrogen-bond donors (Lipinski definition) is 1. The molecule has 0 radical (unpaired) electrons. The molecule has 0 aliphatic carbocycles. The number of phenols is 1. The van der Waals surface area contributed by atoms with Gasteiger partial charge in [0.1, 0.15) is 23.3 Å². The van der Waals surface area contributed by atoms with Gasteiger partial charge in [-0.2, -0.15) is 0 Å². The van der Waals surface area contributed by atoms with Crippen LogP contribution < -0.4 is 39.2 Å². The van der Waals surface area contributed by atoms with Crippen LogP contribution in [0.3, 0.4) is 0 Å². The van der Waals surface area contributed by atoms with Crippen LogP contribution in [-0.2, 0) is 10.4 Å². The third-order valence-corrected chi connectivity index (χ3v) is 3.52. The quantitative estimate of drug-likeness (QED) is 0.364. The van der Waals surface area contributed by atoms with E-state index in [0.717, 1.165) is 0 Å². The van der Waals surface area contributed by atoms with Crippen LogP contribution in [0.5, 0.6) is 11.5 Å². The largest absolute Gasteiger partial charge is 1.00 e. The average Bonchev–Trinajstić information content (AvgIpc) is 2.47. The molecule has 0 unspecified atom stereocenters. The smallest absolute Gasteiger partial charge is 0.716 e. The zero-order valence-electron chi connectivity index (χ0n) is 12.4. The molecule has 0 amide bonds. The van der Waals surface area contributed by atoms with E-state index >= 15 is 0 Å². The molecule has 0 saturated heterocycles. The molecule has 0 atom stereocenters. The molecule has 3 rings (SSSR count). The summed E-state index contributed by atoms with van der Waals surface area (Å²) in [6.45, 7) is 0. The van der Waals surface area contributed by atoms with E-state index in [4.69, 9.17) is 4.42 Å². The molecule has 24 heavy (non-hydrogen) atoms. The van der Waals surface area contributed by atoms with Gasteiger partial charge in [-0.1, -0.05) is 12.1 Å². The van der Waals surface area contributed by atoms with Crippen LogP contribution in [0.15, 0.2) is 57.9 Å². The van der Waals surface area contributed by atoms with Gasteiger partial charge in [-0.25, -0.2) is 8.42 Å². The van der Waals surface area contributed by atoms with E-state index in [2.05, 4.69) is 4.18 Å². The van der Waals surface area contributed by atoms with Crippen molar-refractivity contribution in [1.29, 1.82) is 0 Å². The number of aromatic hydroxyl groups is 1. The Morgan fingerprint density at radius 2 is 1.75 bits per heavy atom. The second-order valence-electron chi connectivity index (χ2n) is 4.67. The normalized spacial score (nSPS) is 11.0. The van der Waals surface area contributed by atoms with Gasteiger partial charge in [-0.05, 0) is 29.8 Å². The van der Waals surface area contributed by atoms with Crippen molar-refractivity contribution >= 4 is 21.4 Å². The average molecular weight is 356 g/mol. The number of hydrogen-bond acceptors (Lipinski definition) is 7. The summed E-state index contributed by atoms with van der Waals surface area (Å²) in [5.74, 6) is -0.174.